The highest BCUT2D eigenvalue weighted by atomic mass is 19.1. The van der Waals surface area contributed by atoms with E-state index in [0.29, 0.717) is 18.0 Å². The second-order valence-electron chi connectivity index (χ2n) is 5.86. The Kier molecular flexibility index (Phi) is 6.36. The summed E-state index contributed by atoms with van der Waals surface area (Å²) in [5, 5.41) is 2.59. The Morgan fingerprint density at radius 1 is 1.20 bits per heavy atom. The zero-order chi connectivity index (χ0) is 18.4. The van der Waals surface area contributed by atoms with Crippen molar-refractivity contribution in [3.05, 3.63) is 53.3 Å². The number of para-hydroxylation sites is 1. The quantitative estimate of drug-likeness (QED) is 0.836. The summed E-state index contributed by atoms with van der Waals surface area (Å²) in [7, 11) is 4.97. The van der Waals surface area contributed by atoms with Crippen molar-refractivity contribution in [2.24, 2.45) is 0 Å². The average molecular weight is 346 g/mol. The van der Waals surface area contributed by atoms with Gasteiger partial charge >= 0.3 is 0 Å². The highest BCUT2D eigenvalue weighted by Gasteiger charge is 2.14. The highest BCUT2D eigenvalue weighted by molar-refractivity contribution is 5.92. The van der Waals surface area contributed by atoms with Crippen molar-refractivity contribution >= 4 is 11.6 Å². The Labute approximate surface area is 147 Å². The molecular weight excluding hydrogens is 323 g/mol. The molecule has 0 aliphatic rings. The van der Waals surface area contributed by atoms with Gasteiger partial charge in [-0.25, -0.2) is 4.39 Å². The second kappa shape index (κ2) is 8.48. The van der Waals surface area contributed by atoms with Gasteiger partial charge in [0, 0.05) is 12.1 Å². The summed E-state index contributed by atoms with van der Waals surface area (Å²) >= 11 is 0. The summed E-state index contributed by atoms with van der Waals surface area (Å²) in [6.45, 7) is 2.40. The molecule has 0 aliphatic heterocycles. The number of halogens is 1. The third-order valence-corrected chi connectivity index (χ3v) is 3.74. The number of anilines is 1. The van der Waals surface area contributed by atoms with Gasteiger partial charge in [0.15, 0.2) is 11.5 Å². The summed E-state index contributed by atoms with van der Waals surface area (Å²) in [4.78, 5) is 14.0. The maximum atomic E-state index is 13.8. The molecule has 2 aromatic carbocycles. The highest BCUT2D eigenvalue weighted by Crippen LogP contribution is 2.31. The van der Waals surface area contributed by atoms with Crippen molar-refractivity contribution in [3.8, 4) is 11.5 Å². The lowest BCUT2D eigenvalue weighted by Gasteiger charge is -2.19. The van der Waals surface area contributed by atoms with E-state index in [4.69, 9.17) is 9.47 Å². The van der Waals surface area contributed by atoms with Gasteiger partial charge in [-0.15, -0.1) is 0 Å². The van der Waals surface area contributed by atoms with E-state index < -0.39 is 5.82 Å². The SMILES string of the molecule is COc1cccc(CN(C)CC(=O)Nc2ccc(C)cc2F)c1OC. The van der Waals surface area contributed by atoms with Crippen molar-refractivity contribution in [1.82, 2.24) is 4.90 Å². The molecule has 0 radical (unpaired) electrons. The minimum atomic E-state index is -0.439. The van der Waals surface area contributed by atoms with Crippen LogP contribution in [-0.2, 0) is 11.3 Å². The molecule has 0 unspecified atom stereocenters. The van der Waals surface area contributed by atoms with E-state index in [0.717, 1.165) is 11.1 Å². The number of nitrogens with one attached hydrogen (secondary N) is 1. The van der Waals surface area contributed by atoms with Crippen LogP contribution in [0.2, 0.25) is 0 Å². The average Bonchev–Trinajstić information content (AvgIpc) is 2.57. The summed E-state index contributed by atoms with van der Waals surface area (Å²) in [5.74, 6) is 0.555. The molecule has 1 amide bonds. The third kappa shape index (κ3) is 4.93. The summed E-state index contributed by atoms with van der Waals surface area (Å²) in [6.07, 6.45) is 0. The Morgan fingerprint density at radius 2 is 1.96 bits per heavy atom. The third-order valence-electron chi connectivity index (χ3n) is 3.74. The minimum Gasteiger partial charge on any atom is -0.493 e. The monoisotopic (exact) mass is 346 g/mol. The van der Waals surface area contributed by atoms with Gasteiger partial charge in [0.1, 0.15) is 5.82 Å². The van der Waals surface area contributed by atoms with Gasteiger partial charge in [-0.1, -0.05) is 18.2 Å². The number of carbonyl (C=O) groups is 1. The number of amides is 1. The van der Waals surface area contributed by atoms with Crippen LogP contribution in [0.15, 0.2) is 36.4 Å². The van der Waals surface area contributed by atoms with E-state index >= 15 is 0 Å². The van der Waals surface area contributed by atoms with E-state index in [-0.39, 0.29) is 18.1 Å². The predicted octanol–water partition coefficient (Wildman–Crippen LogP) is 3.22. The van der Waals surface area contributed by atoms with Crippen LogP contribution in [0.5, 0.6) is 11.5 Å². The Balaban J connectivity index is 2.00. The number of carbonyl (C=O) groups excluding carboxylic acids is 1. The van der Waals surface area contributed by atoms with Gasteiger partial charge in [0.05, 0.1) is 26.5 Å². The van der Waals surface area contributed by atoms with Crippen LogP contribution in [0.25, 0.3) is 0 Å². The van der Waals surface area contributed by atoms with Gasteiger partial charge in [0.25, 0.3) is 0 Å². The lowest BCUT2D eigenvalue weighted by Crippen LogP contribution is -2.30. The number of methoxy groups -OCH3 is 2. The van der Waals surface area contributed by atoms with Crippen LogP contribution in [0.1, 0.15) is 11.1 Å². The van der Waals surface area contributed by atoms with Crippen LogP contribution in [0, 0.1) is 12.7 Å². The number of nitrogens with zero attached hydrogens (tertiary/aromatic N) is 1. The van der Waals surface area contributed by atoms with Crippen LogP contribution >= 0.6 is 0 Å². The molecule has 0 fully saturated rings. The summed E-state index contributed by atoms with van der Waals surface area (Å²) < 4.78 is 24.5. The molecule has 2 aromatic rings. The van der Waals surface area contributed by atoms with E-state index in [2.05, 4.69) is 5.32 Å². The maximum Gasteiger partial charge on any atom is 0.238 e. The van der Waals surface area contributed by atoms with Crippen LogP contribution < -0.4 is 14.8 Å². The van der Waals surface area contributed by atoms with Gasteiger partial charge in [0.2, 0.25) is 5.91 Å². The molecule has 1 N–H and O–H groups in total. The van der Waals surface area contributed by atoms with Crippen molar-refractivity contribution in [2.45, 2.75) is 13.5 Å². The Bertz CT molecular complexity index is 749. The first-order chi connectivity index (χ1) is 11.9. The standard InChI is InChI=1S/C19H23FN2O3/c1-13-8-9-16(15(20)10-13)21-18(23)12-22(2)11-14-6-5-7-17(24-3)19(14)25-4/h5-10H,11-12H2,1-4H3,(H,21,23). The van der Waals surface area contributed by atoms with Crippen LogP contribution in [0.3, 0.4) is 0 Å². The molecule has 0 spiro atoms. The molecule has 134 valence electrons. The van der Waals surface area contributed by atoms with Crippen molar-refractivity contribution in [1.29, 1.82) is 0 Å². The first-order valence-electron chi connectivity index (χ1n) is 7.89. The minimum absolute atomic E-state index is 0.119. The van der Waals surface area contributed by atoms with Gasteiger partial charge in [-0.3, -0.25) is 9.69 Å². The molecule has 0 saturated heterocycles. The first-order valence-corrected chi connectivity index (χ1v) is 7.89. The largest absolute Gasteiger partial charge is 0.493 e. The zero-order valence-electron chi connectivity index (χ0n) is 14.9. The Morgan fingerprint density at radius 3 is 2.60 bits per heavy atom. The normalized spacial score (nSPS) is 10.6. The van der Waals surface area contributed by atoms with Crippen molar-refractivity contribution in [2.75, 3.05) is 33.1 Å². The second-order valence-corrected chi connectivity index (χ2v) is 5.86. The number of likely N-dealkylation sites (N-methyl/N-ethyl adjacent to an activating group) is 1. The lowest BCUT2D eigenvalue weighted by molar-refractivity contribution is -0.117. The van der Waals surface area contributed by atoms with E-state index in [1.54, 1.807) is 33.3 Å². The zero-order valence-corrected chi connectivity index (χ0v) is 14.9. The molecule has 6 heteroatoms. The molecular formula is C19H23FN2O3. The smallest absolute Gasteiger partial charge is 0.238 e. The maximum absolute atomic E-state index is 13.8. The molecule has 0 atom stereocenters. The lowest BCUT2D eigenvalue weighted by atomic mass is 10.1. The molecule has 25 heavy (non-hydrogen) atoms. The van der Waals surface area contributed by atoms with Gasteiger partial charge in [-0.2, -0.15) is 0 Å². The van der Waals surface area contributed by atoms with E-state index in [1.165, 1.54) is 6.07 Å². The number of benzene rings is 2. The molecule has 0 saturated carbocycles. The van der Waals surface area contributed by atoms with E-state index in [9.17, 15) is 9.18 Å². The summed E-state index contributed by atoms with van der Waals surface area (Å²) in [5.41, 5.74) is 1.89. The van der Waals surface area contributed by atoms with E-state index in [1.807, 2.05) is 30.1 Å². The molecule has 0 heterocycles. The fourth-order valence-electron chi connectivity index (χ4n) is 2.58. The molecule has 5 nitrogen and oxygen atoms in total. The number of ether oxygens (including phenoxy) is 2. The first kappa shape index (κ1) is 18.7. The molecule has 2 rings (SSSR count). The number of hydrogen-bond donors (Lipinski definition) is 1. The van der Waals surface area contributed by atoms with Crippen molar-refractivity contribution < 1.29 is 18.7 Å². The fraction of sp³-hybridized carbons (Fsp3) is 0.316. The number of rotatable bonds is 7. The van der Waals surface area contributed by atoms with Crippen molar-refractivity contribution in [3.63, 3.8) is 0 Å². The summed E-state index contributed by atoms with van der Waals surface area (Å²) in [6, 6.07) is 10.3. The van der Waals surface area contributed by atoms with Gasteiger partial charge in [-0.05, 0) is 37.7 Å². The van der Waals surface area contributed by atoms with Gasteiger partial charge < -0.3 is 14.8 Å². The molecule has 0 aliphatic carbocycles. The Hall–Kier alpha value is -2.60. The van der Waals surface area contributed by atoms with Crippen LogP contribution in [-0.4, -0.2) is 38.6 Å². The number of aryl methyl sites for hydroxylation is 1. The molecule has 0 bridgehead atoms. The number of hydrogen-bond acceptors (Lipinski definition) is 4. The predicted molar refractivity (Wildman–Crippen MR) is 95.6 cm³/mol. The topological polar surface area (TPSA) is 50.8 Å². The fourth-order valence-corrected chi connectivity index (χ4v) is 2.58. The van der Waals surface area contributed by atoms with Crippen LogP contribution in [0.4, 0.5) is 10.1 Å². The molecule has 0 aromatic heterocycles.